The van der Waals surface area contributed by atoms with Crippen molar-refractivity contribution in [3.63, 3.8) is 0 Å². The smallest absolute Gasteiger partial charge is 0.246 e. The van der Waals surface area contributed by atoms with E-state index in [4.69, 9.17) is 9.73 Å². The lowest BCUT2D eigenvalue weighted by atomic mass is 9.72. The molecule has 1 unspecified atom stereocenters. The number of nitrogens with zero attached hydrogens (tertiary/aromatic N) is 4. The molecule has 1 aromatic rings. The second kappa shape index (κ2) is 7.70. The maximum Gasteiger partial charge on any atom is 0.246 e. The number of benzene rings is 1. The number of carbonyl (C=O) groups excluding carboxylic acids is 1. The van der Waals surface area contributed by atoms with Gasteiger partial charge in [-0.15, -0.1) is 0 Å². The zero-order valence-corrected chi connectivity index (χ0v) is 16.4. The Morgan fingerprint density at radius 2 is 1.75 bits per heavy atom. The van der Waals surface area contributed by atoms with E-state index in [0.717, 1.165) is 64.0 Å². The second-order valence-corrected chi connectivity index (χ2v) is 7.82. The van der Waals surface area contributed by atoms with Crippen molar-refractivity contribution in [3.8, 4) is 11.8 Å². The first-order chi connectivity index (χ1) is 13.6. The van der Waals surface area contributed by atoms with E-state index in [1.54, 1.807) is 7.11 Å². The van der Waals surface area contributed by atoms with E-state index in [1.807, 2.05) is 12.1 Å². The molecule has 1 amide bonds. The molecule has 2 aliphatic heterocycles. The molecule has 7 heteroatoms. The summed E-state index contributed by atoms with van der Waals surface area (Å²) in [7, 11) is 1.67. The Morgan fingerprint density at radius 3 is 2.36 bits per heavy atom. The lowest BCUT2D eigenvalue weighted by molar-refractivity contribution is -0.125. The van der Waals surface area contributed by atoms with Crippen molar-refractivity contribution < 1.29 is 9.53 Å². The van der Waals surface area contributed by atoms with Gasteiger partial charge in [-0.3, -0.25) is 10.1 Å². The number of hydrogen-bond donors (Lipinski definition) is 1. The number of nitrogens with one attached hydrogen (secondary N) is 1. The van der Waals surface area contributed by atoms with Gasteiger partial charge in [0.15, 0.2) is 5.92 Å². The molecule has 4 rings (SSSR count). The minimum Gasteiger partial charge on any atom is -0.497 e. The predicted molar refractivity (Wildman–Crippen MR) is 107 cm³/mol. The molecule has 0 bridgehead atoms. The maximum atomic E-state index is 12.6. The first kappa shape index (κ1) is 18.6. The van der Waals surface area contributed by atoms with Crippen LogP contribution in [0.1, 0.15) is 32.1 Å². The third-order valence-corrected chi connectivity index (χ3v) is 6.23. The quantitative estimate of drug-likeness (QED) is 0.849. The summed E-state index contributed by atoms with van der Waals surface area (Å²) in [5, 5.41) is 12.5. The second-order valence-electron chi connectivity index (χ2n) is 7.82. The van der Waals surface area contributed by atoms with Gasteiger partial charge in [-0.05, 0) is 37.1 Å². The standard InChI is InChI=1S/C21H27N5O2/c1-28-17-7-5-16(6-8-17)25-11-13-26(14-12-25)20-23-19(27)18(15-22)21(24-20)9-3-2-4-10-21/h5-8,18H,2-4,9-14H2,1H3,(H,23,24,27). The Bertz CT molecular complexity index is 784. The first-order valence-corrected chi connectivity index (χ1v) is 10.1. The number of piperazine rings is 1. The maximum absolute atomic E-state index is 12.6. The number of anilines is 1. The molecule has 0 radical (unpaired) electrons. The summed E-state index contributed by atoms with van der Waals surface area (Å²) in [5.74, 6) is 0.656. The molecule has 0 aromatic heterocycles. The Morgan fingerprint density at radius 1 is 1.11 bits per heavy atom. The number of carbonyl (C=O) groups is 1. The third-order valence-electron chi connectivity index (χ3n) is 6.23. The summed E-state index contributed by atoms with van der Waals surface area (Å²) in [4.78, 5) is 22.1. The lowest BCUT2D eigenvalue weighted by Crippen LogP contribution is -2.60. The Hall–Kier alpha value is -2.75. The van der Waals surface area contributed by atoms with Crippen molar-refractivity contribution in [1.29, 1.82) is 5.26 Å². The van der Waals surface area contributed by atoms with E-state index >= 15 is 0 Å². The Labute approximate surface area is 166 Å². The monoisotopic (exact) mass is 381 g/mol. The summed E-state index contributed by atoms with van der Waals surface area (Å²) >= 11 is 0. The van der Waals surface area contributed by atoms with Crippen LogP contribution in [0.5, 0.6) is 5.75 Å². The highest BCUT2D eigenvalue weighted by atomic mass is 16.5. The molecule has 1 aliphatic carbocycles. The van der Waals surface area contributed by atoms with E-state index < -0.39 is 11.5 Å². The number of rotatable bonds is 2. The zero-order chi connectivity index (χ0) is 19.6. The van der Waals surface area contributed by atoms with Crippen molar-refractivity contribution >= 4 is 17.6 Å². The Balaban J connectivity index is 1.47. The van der Waals surface area contributed by atoms with Crippen LogP contribution in [0.2, 0.25) is 0 Å². The molecule has 2 heterocycles. The molecule has 1 saturated heterocycles. The molecule has 3 aliphatic rings. The van der Waals surface area contributed by atoms with Gasteiger partial charge in [-0.25, -0.2) is 4.99 Å². The number of nitriles is 1. The number of aliphatic imine (C=N–C) groups is 1. The largest absolute Gasteiger partial charge is 0.497 e. The molecule has 7 nitrogen and oxygen atoms in total. The van der Waals surface area contributed by atoms with E-state index in [-0.39, 0.29) is 5.91 Å². The number of amides is 1. The average molecular weight is 381 g/mol. The van der Waals surface area contributed by atoms with Gasteiger partial charge in [0, 0.05) is 31.9 Å². The summed E-state index contributed by atoms with van der Waals surface area (Å²) in [6.45, 7) is 3.29. The molecule has 1 aromatic carbocycles. The SMILES string of the molecule is COc1ccc(N2CCN(C3=NC4(CCCCC4)C(C#N)C(=O)N3)CC2)cc1. The van der Waals surface area contributed by atoms with Gasteiger partial charge in [0.1, 0.15) is 5.75 Å². The average Bonchev–Trinajstić information content (AvgIpc) is 2.74. The first-order valence-electron chi connectivity index (χ1n) is 10.1. The van der Waals surface area contributed by atoms with Gasteiger partial charge in [-0.1, -0.05) is 19.3 Å². The fraction of sp³-hybridized carbons (Fsp3) is 0.571. The van der Waals surface area contributed by atoms with Crippen LogP contribution in [0.15, 0.2) is 29.3 Å². The predicted octanol–water partition coefficient (Wildman–Crippen LogP) is 2.15. The minimum atomic E-state index is -0.669. The van der Waals surface area contributed by atoms with E-state index in [0.29, 0.717) is 5.96 Å². The molecule has 148 valence electrons. The molecule has 1 spiro atoms. The van der Waals surface area contributed by atoms with E-state index in [1.165, 1.54) is 5.69 Å². The van der Waals surface area contributed by atoms with E-state index in [2.05, 4.69) is 33.3 Å². The third kappa shape index (κ3) is 3.39. The van der Waals surface area contributed by atoms with Gasteiger partial charge in [0.25, 0.3) is 0 Å². The molecule has 2 fully saturated rings. The van der Waals surface area contributed by atoms with Gasteiger partial charge in [0.2, 0.25) is 11.9 Å². The topological polar surface area (TPSA) is 81.0 Å². The minimum absolute atomic E-state index is 0.188. The highest BCUT2D eigenvalue weighted by Gasteiger charge is 2.48. The molecule has 1 N–H and O–H groups in total. The fourth-order valence-corrected chi connectivity index (χ4v) is 4.59. The van der Waals surface area contributed by atoms with Crippen LogP contribution in [-0.4, -0.2) is 55.6 Å². The summed E-state index contributed by atoms with van der Waals surface area (Å²) in [6.07, 6.45) is 4.88. The molecule has 28 heavy (non-hydrogen) atoms. The number of guanidine groups is 1. The number of methoxy groups -OCH3 is 1. The highest BCUT2D eigenvalue weighted by molar-refractivity contribution is 6.02. The molecule has 1 saturated carbocycles. The van der Waals surface area contributed by atoms with Gasteiger partial charge >= 0.3 is 0 Å². The highest BCUT2D eigenvalue weighted by Crippen LogP contribution is 2.40. The number of hydrogen-bond acceptors (Lipinski definition) is 6. The van der Waals surface area contributed by atoms with Crippen molar-refractivity contribution in [1.82, 2.24) is 10.2 Å². The van der Waals surface area contributed by atoms with Crippen LogP contribution >= 0.6 is 0 Å². The van der Waals surface area contributed by atoms with Crippen molar-refractivity contribution in [2.24, 2.45) is 10.9 Å². The van der Waals surface area contributed by atoms with Crippen LogP contribution in [0.25, 0.3) is 0 Å². The van der Waals surface area contributed by atoms with Crippen molar-refractivity contribution in [2.45, 2.75) is 37.6 Å². The van der Waals surface area contributed by atoms with E-state index in [9.17, 15) is 10.1 Å². The number of ether oxygens (including phenoxy) is 1. The summed E-state index contributed by atoms with van der Waals surface area (Å²) in [5.41, 5.74) is 0.640. The van der Waals surface area contributed by atoms with Crippen molar-refractivity contribution in [3.05, 3.63) is 24.3 Å². The van der Waals surface area contributed by atoms with Gasteiger partial charge in [0.05, 0.1) is 18.7 Å². The fourth-order valence-electron chi connectivity index (χ4n) is 4.59. The normalized spacial score (nSPS) is 24.4. The van der Waals surface area contributed by atoms with Gasteiger partial charge in [-0.2, -0.15) is 5.26 Å². The van der Waals surface area contributed by atoms with Crippen LogP contribution in [0, 0.1) is 17.2 Å². The Kier molecular flexibility index (Phi) is 5.12. The van der Waals surface area contributed by atoms with Gasteiger partial charge < -0.3 is 14.5 Å². The lowest BCUT2D eigenvalue weighted by Gasteiger charge is -2.44. The molecular formula is C21H27N5O2. The van der Waals surface area contributed by atoms with Crippen LogP contribution < -0.4 is 15.0 Å². The summed E-state index contributed by atoms with van der Waals surface area (Å²) < 4.78 is 5.23. The summed E-state index contributed by atoms with van der Waals surface area (Å²) in [6, 6.07) is 10.3. The van der Waals surface area contributed by atoms with Crippen LogP contribution in [0.3, 0.4) is 0 Å². The molecule has 1 atom stereocenters. The van der Waals surface area contributed by atoms with Crippen LogP contribution in [0.4, 0.5) is 5.69 Å². The molecular weight excluding hydrogens is 354 g/mol. The van der Waals surface area contributed by atoms with Crippen molar-refractivity contribution in [2.75, 3.05) is 38.2 Å². The van der Waals surface area contributed by atoms with Crippen LogP contribution in [-0.2, 0) is 4.79 Å². The zero-order valence-electron chi connectivity index (χ0n) is 16.4.